The van der Waals surface area contributed by atoms with Crippen LogP contribution in [0.3, 0.4) is 0 Å². The fourth-order valence-corrected chi connectivity index (χ4v) is 3.78. The van der Waals surface area contributed by atoms with Gasteiger partial charge >= 0.3 is 0 Å². The van der Waals surface area contributed by atoms with Gasteiger partial charge in [0.25, 0.3) is 0 Å². The fourth-order valence-electron chi connectivity index (χ4n) is 3.78. The standard InChI is InChI=1S/C18H24/c1-5-11-16-15(6-2)14(4)18(17(16)7-3)12-9-8-10-13-18/h5-7,11H,2-3,8-10,12-13H2,1,4H3/b11-5-. The fraction of sp³-hybridized carbons (Fsp3) is 0.444. The number of hydrogen-bond acceptors (Lipinski definition) is 0. The van der Waals surface area contributed by atoms with Crippen LogP contribution in [0.15, 0.2) is 59.8 Å². The van der Waals surface area contributed by atoms with Crippen molar-refractivity contribution in [3.8, 4) is 0 Å². The Kier molecular flexibility index (Phi) is 3.75. The van der Waals surface area contributed by atoms with E-state index in [4.69, 9.17) is 0 Å². The molecule has 96 valence electrons. The second kappa shape index (κ2) is 5.14. The highest BCUT2D eigenvalue weighted by Gasteiger charge is 2.42. The molecule has 0 unspecified atom stereocenters. The van der Waals surface area contributed by atoms with Crippen LogP contribution < -0.4 is 0 Å². The van der Waals surface area contributed by atoms with Crippen LogP contribution in [0.2, 0.25) is 0 Å². The third-order valence-corrected chi connectivity index (χ3v) is 4.67. The molecule has 0 atom stereocenters. The van der Waals surface area contributed by atoms with Crippen LogP contribution in [-0.2, 0) is 0 Å². The Labute approximate surface area is 111 Å². The Morgan fingerprint density at radius 3 is 2.17 bits per heavy atom. The molecule has 0 N–H and O–H groups in total. The van der Waals surface area contributed by atoms with Crippen LogP contribution in [-0.4, -0.2) is 0 Å². The van der Waals surface area contributed by atoms with Crippen molar-refractivity contribution in [3.63, 3.8) is 0 Å². The number of allylic oxidation sites excluding steroid dienone is 8. The van der Waals surface area contributed by atoms with E-state index in [-0.39, 0.29) is 5.41 Å². The first-order chi connectivity index (χ1) is 8.71. The van der Waals surface area contributed by atoms with Gasteiger partial charge in [-0.1, -0.05) is 62.3 Å². The zero-order valence-corrected chi connectivity index (χ0v) is 11.8. The van der Waals surface area contributed by atoms with Crippen LogP contribution in [0.5, 0.6) is 0 Å². The minimum Gasteiger partial charge on any atom is -0.0987 e. The predicted octanol–water partition coefficient (Wildman–Crippen LogP) is 5.51. The van der Waals surface area contributed by atoms with Crippen LogP contribution in [0.25, 0.3) is 0 Å². The number of hydrogen-bond donors (Lipinski definition) is 0. The summed E-state index contributed by atoms with van der Waals surface area (Å²) >= 11 is 0. The maximum absolute atomic E-state index is 4.08. The van der Waals surface area contributed by atoms with Crippen molar-refractivity contribution in [3.05, 3.63) is 59.8 Å². The SMILES string of the molecule is C=CC1=C(C)C2(CCCCC2)C(C=C)=C1/C=C\C. The van der Waals surface area contributed by atoms with Gasteiger partial charge < -0.3 is 0 Å². The molecule has 1 spiro atoms. The van der Waals surface area contributed by atoms with E-state index in [2.05, 4.69) is 45.2 Å². The maximum Gasteiger partial charge on any atom is 0.0174 e. The molecule has 2 aliphatic carbocycles. The maximum atomic E-state index is 4.08. The van der Waals surface area contributed by atoms with Gasteiger partial charge in [-0.3, -0.25) is 0 Å². The molecule has 0 heterocycles. The first-order valence-corrected chi connectivity index (χ1v) is 7.05. The molecule has 0 aromatic carbocycles. The molecule has 0 aromatic heterocycles. The van der Waals surface area contributed by atoms with Crippen molar-refractivity contribution in [1.29, 1.82) is 0 Å². The van der Waals surface area contributed by atoms with Crippen molar-refractivity contribution in [2.45, 2.75) is 46.0 Å². The molecule has 1 fully saturated rings. The second-order valence-electron chi connectivity index (χ2n) is 5.42. The van der Waals surface area contributed by atoms with E-state index in [0.29, 0.717) is 0 Å². The normalized spacial score (nSPS) is 23.2. The molecule has 1 saturated carbocycles. The van der Waals surface area contributed by atoms with Gasteiger partial charge in [-0.25, -0.2) is 0 Å². The summed E-state index contributed by atoms with van der Waals surface area (Å²) in [5, 5.41) is 0. The average molecular weight is 240 g/mol. The Hall–Kier alpha value is -1.30. The third-order valence-electron chi connectivity index (χ3n) is 4.67. The average Bonchev–Trinajstić information content (AvgIpc) is 2.60. The Morgan fingerprint density at radius 1 is 1.00 bits per heavy atom. The molecular formula is C18H24. The lowest BCUT2D eigenvalue weighted by Gasteiger charge is -2.37. The van der Waals surface area contributed by atoms with Crippen molar-refractivity contribution in [2.24, 2.45) is 5.41 Å². The van der Waals surface area contributed by atoms with Crippen molar-refractivity contribution >= 4 is 0 Å². The van der Waals surface area contributed by atoms with Crippen LogP contribution in [0, 0.1) is 5.41 Å². The first kappa shape index (κ1) is 13.1. The van der Waals surface area contributed by atoms with Gasteiger partial charge in [0.05, 0.1) is 0 Å². The minimum absolute atomic E-state index is 0.262. The summed E-state index contributed by atoms with van der Waals surface area (Å²) in [5.41, 5.74) is 5.90. The summed E-state index contributed by atoms with van der Waals surface area (Å²) in [4.78, 5) is 0. The first-order valence-electron chi connectivity index (χ1n) is 7.05. The van der Waals surface area contributed by atoms with Crippen LogP contribution in [0.1, 0.15) is 46.0 Å². The van der Waals surface area contributed by atoms with Gasteiger partial charge in [0.2, 0.25) is 0 Å². The molecule has 0 nitrogen and oxygen atoms in total. The second-order valence-corrected chi connectivity index (χ2v) is 5.42. The lowest BCUT2D eigenvalue weighted by molar-refractivity contribution is 0.299. The van der Waals surface area contributed by atoms with E-state index in [1.807, 2.05) is 6.08 Å². The molecule has 0 bridgehead atoms. The van der Waals surface area contributed by atoms with Crippen LogP contribution in [0.4, 0.5) is 0 Å². The van der Waals surface area contributed by atoms with Gasteiger partial charge in [0.1, 0.15) is 0 Å². The van der Waals surface area contributed by atoms with Gasteiger partial charge in [-0.15, -0.1) is 0 Å². The lowest BCUT2D eigenvalue weighted by Crippen LogP contribution is -2.25. The molecule has 2 aliphatic rings. The predicted molar refractivity (Wildman–Crippen MR) is 80.5 cm³/mol. The highest BCUT2D eigenvalue weighted by Crippen LogP contribution is 2.56. The van der Waals surface area contributed by atoms with Crippen molar-refractivity contribution < 1.29 is 0 Å². The Morgan fingerprint density at radius 2 is 1.67 bits per heavy atom. The summed E-state index contributed by atoms with van der Waals surface area (Å²) in [6.45, 7) is 12.5. The summed E-state index contributed by atoms with van der Waals surface area (Å²) in [6.07, 6.45) is 15.1. The molecule has 0 saturated heterocycles. The van der Waals surface area contributed by atoms with Gasteiger partial charge in [0.15, 0.2) is 0 Å². The molecule has 0 heteroatoms. The highest BCUT2D eigenvalue weighted by molar-refractivity contribution is 5.64. The molecule has 0 radical (unpaired) electrons. The van der Waals surface area contributed by atoms with Gasteiger partial charge in [-0.2, -0.15) is 0 Å². The van der Waals surface area contributed by atoms with Crippen molar-refractivity contribution in [1.82, 2.24) is 0 Å². The van der Waals surface area contributed by atoms with Gasteiger partial charge in [0, 0.05) is 5.41 Å². The third kappa shape index (κ3) is 1.75. The molecule has 0 aliphatic heterocycles. The van der Waals surface area contributed by atoms with E-state index >= 15 is 0 Å². The molecule has 18 heavy (non-hydrogen) atoms. The smallest absolute Gasteiger partial charge is 0.0174 e. The van der Waals surface area contributed by atoms with E-state index in [9.17, 15) is 0 Å². The summed E-state index contributed by atoms with van der Waals surface area (Å²) < 4.78 is 0. The molecular weight excluding hydrogens is 216 g/mol. The lowest BCUT2D eigenvalue weighted by atomic mass is 9.66. The molecule has 2 rings (SSSR count). The van der Waals surface area contributed by atoms with E-state index in [1.54, 1.807) is 0 Å². The van der Waals surface area contributed by atoms with Gasteiger partial charge in [-0.05, 0) is 43.4 Å². The highest BCUT2D eigenvalue weighted by atomic mass is 14.5. The summed E-state index contributed by atoms with van der Waals surface area (Å²) in [7, 11) is 0. The Bertz CT molecular complexity index is 448. The van der Waals surface area contributed by atoms with E-state index < -0.39 is 0 Å². The largest absolute Gasteiger partial charge is 0.0987 e. The zero-order chi connectivity index (χ0) is 13.2. The quantitative estimate of drug-likeness (QED) is 0.610. The Balaban J connectivity index is 2.62. The topological polar surface area (TPSA) is 0 Å². The molecule has 0 aromatic rings. The van der Waals surface area contributed by atoms with Crippen LogP contribution >= 0.6 is 0 Å². The van der Waals surface area contributed by atoms with E-state index in [1.165, 1.54) is 54.4 Å². The monoisotopic (exact) mass is 240 g/mol. The van der Waals surface area contributed by atoms with E-state index in [0.717, 1.165) is 0 Å². The molecule has 0 amide bonds. The zero-order valence-electron chi connectivity index (χ0n) is 11.8. The summed E-state index contributed by atoms with van der Waals surface area (Å²) in [6, 6.07) is 0. The summed E-state index contributed by atoms with van der Waals surface area (Å²) in [5.74, 6) is 0. The van der Waals surface area contributed by atoms with Crippen molar-refractivity contribution in [2.75, 3.05) is 0 Å². The minimum atomic E-state index is 0.262. The number of rotatable bonds is 3.